The lowest BCUT2D eigenvalue weighted by Crippen LogP contribution is -2.05. The molecule has 0 radical (unpaired) electrons. The normalized spacial score (nSPS) is 10.9. The average molecular weight is 296 g/mol. The zero-order chi connectivity index (χ0) is 15.9. The summed E-state index contributed by atoms with van der Waals surface area (Å²) >= 11 is 0. The highest BCUT2D eigenvalue weighted by atomic mass is 16.5. The van der Waals surface area contributed by atoms with Crippen molar-refractivity contribution in [3.63, 3.8) is 0 Å². The smallest absolute Gasteiger partial charge is 0.185 e. The summed E-state index contributed by atoms with van der Waals surface area (Å²) in [6.07, 6.45) is 3.48. The Morgan fingerprint density at radius 1 is 0.955 bits per heavy atom. The molecule has 0 N–H and O–H groups in total. The third-order valence-corrected chi connectivity index (χ3v) is 3.05. The van der Waals surface area contributed by atoms with Gasteiger partial charge in [0.15, 0.2) is 5.78 Å². The molecule has 114 valence electrons. The highest BCUT2D eigenvalue weighted by Crippen LogP contribution is 2.16. The predicted molar refractivity (Wildman–Crippen MR) is 88.6 cm³/mol. The fourth-order valence-electron chi connectivity index (χ4n) is 1.95. The molecule has 0 saturated heterocycles. The van der Waals surface area contributed by atoms with Gasteiger partial charge in [-0.2, -0.15) is 0 Å². The van der Waals surface area contributed by atoms with Crippen LogP contribution in [0.3, 0.4) is 0 Å². The summed E-state index contributed by atoms with van der Waals surface area (Å²) in [5, 5.41) is 0. The zero-order valence-electron chi connectivity index (χ0n) is 13.1. The summed E-state index contributed by atoms with van der Waals surface area (Å²) in [7, 11) is 1.63. The topological polar surface area (TPSA) is 35.5 Å². The number of hydrogen-bond donors (Lipinski definition) is 0. The van der Waals surface area contributed by atoms with Gasteiger partial charge in [-0.3, -0.25) is 4.79 Å². The Morgan fingerprint density at radius 2 is 1.55 bits per heavy atom. The van der Waals surface area contributed by atoms with Crippen molar-refractivity contribution in [1.29, 1.82) is 0 Å². The van der Waals surface area contributed by atoms with E-state index in [0.29, 0.717) is 5.56 Å². The van der Waals surface area contributed by atoms with Gasteiger partial charge in [-0.25, -0.2) is 0 Å². The van der Waals surface area contributed by atoms with E-state index in [4.69, 9.17) is 9.47 Å². The summed E-state index contributed by atoms with van der Waals surface area (Å²) in [4.78, 5) is 12.1. The number of carbonyl (C=O) groups excluding carboxylic acids is 1. The van der Waals surface area contributed by atoms with Crippen LogP contribution in [0.25, 0.3) is 6.08 Å². The minimum atomic E-state index is -0.0353. The molecule has 3 heteroatoms. The number of allylic oxidation sites excluding steroid dienone is 1. The fraction of sp³-hybridized carbons (Fsp3) is 0.211. The molecular formula is C19H20O3. The number of benzene rings is 2. The van der Waals surface area contributed by atoms with Crippen molar-refractivity contribution < 1.29 is 14.3 Å². The number of ketones is 1. The Balaban J connectivity index is 2.02. The van der Waals surface area contributed by atoms with Crippen LogP contribution in [-0.2, 0) is 0 Å². The monoisotopic (exact) mass is 296 g/mol. The lowest BCUT2D eigenvalue weighted by Gasteiger charge is -2.09. The molecule has 2 aromatic rings. The minimum absolute atomic E-state index is 0.0353. The van der Waals surface area contributed by atoms with Crippen LogP contribution in [0.1, 0.15) is 29.8 Å². The lowest BCUT2D eigenvalue weighted by molar-refractivity contribution is 0.104. The van der Waals surface area contributed by atoms with Gasteiger partial charge >= 0.3 is 0 Å². The first-order valence-electron chi connectivity index (χ1n) is 7.21. The minimum Gasteiger partial charge on any atom is -0.497 e. The van der Waals surface area contributed by atoms with Crippen molar-refractivity contribution in [2.75, 3.05) is 7.11 Å². The third kappa shape index (κ3) is 4.48. The van der Waals surface area contributed by atoms with Crippen molar-refractivity contribution in [2.24, 2.45) is 0 Å². The van der Waals surface area contributed by atoms with E-state index in [9.17, 15) is 4.79 Å². The molecule has 2 aromatic carbocycles. The summed E-state index contributed by atoms with van der Waals surface area (Å²) < 4.78 is 10.7. The summed E-state index contributed by atoms with van der Waals surface area (Å²) in [5.41, 5.74) is 1.59. The van der Waals surface area contributed by atoms with Gasteiger partial charge in [-0.05, 0) is 61.9 Å². The van der Waals surface area contributed by atoms with E-state index in [2.05, 4.69) is 0 Å². The van der Waals surface area contributed by atoms with E-state index < -0.39 is 0 Å². The molecule has 3 nitrogen and oxygen atoms in total. The first-order valence-corrected chi connectivity index (χ1v) is 7.21. The predicted octanol–water partition coefficient (Wildman–Crippen LogP) is 4.38. The molecule has 0 atom stereocenters. The van der Waals surface area contributed by atoms with Gasteiger partial charge in [0.2, 0.25) is 0 Å². The summed E-state index contributed by atoms with van der Waals surface area (Å²) in [5.74, 6) is 1.53. The van der Waals surface area contributed by atoms with E-state index in [-0.39, 0.29) is 11.9 Å². The highest BCUT2D eigenvalue weighted by Gasteiger charge is 2.03. The van der Waals surface area contributed by atoms with Crippen LogP contribution in [0.4, 0.5) is 0 Å². The highest BCUT2D eigenvalue weighted by molar-refractivity contribution is 6.06. The molecule has 0 aliphatic carbocycles. The van der Waals surface area contributed by atoms with Gasteiger partial charge in [-0.15, -0.1) is 0 Å². The number of ether oxygens (including phenoxy) is 2. The second-order valence-electron chi connectivity index (χ2n) is 5.16. The molecule has 0 spiro atoms. The quantitative estimate of drug-likeness (QED) is 0.586. The first-order chi connectivity index (χ1) is 10.6. The molecule has 0 heterocycles. The molecule has 22 heavy (non-hydrogen) atoms. The second-order valence-corrected chi connectivity index (χ2v) is 5.16. The van der Waals surface area contributed by atoms with Crippen molar-refractivity contribution in [2.45, 2.75) is 20.0 Å². The number of hydrogen-bond acceptors (Lipinski definition) is 3. The maximum Gasteiger partial charge on any atom is 0.185 e. The van der Waals surface area contributed by atoms with Gasteiger partial charge in [0.1, 0.15) is 11.5 Å². The van der Waals surface area contributed by atoms with Gasteiger partial charge < -0.3 is 9.47 Å². The van der Waals surface area contributed by atoms with Gasteiger partial charge in [0.05, 0.1) is 13.2 Å². The van der Waals surface area contributed by atoms with Crippen LogP contribution in [0.2, 0.25) is 0 Å². The van der Waals surface area contributed by atoms with Gasteiger partial charge in [0, 0.05) is 5.56 Å². The average Bonchev–Trinajstić information content (AvgIpc) is 2.53. The third-order valence-electron chi connectivity index (χ3n) is 3.05. The lowest BCUT2D eigenvalue weighted by atomic mass is 10.1. The van der Waals surface area contributed by atoms with E-state index in [0.717, 1.165) is 17.1 Å². The molecule has 0 aliphatic rings. The van der Waals surface area contributed by atoms with Crippen LogP contribution < -0.4 is 9.47 Å². The molecular weight excluding hydrogens is 276 g/mol. The van der Waals surface area contributed by atoms with E-state index in [1.165, 1.54) is 0 Å². The maximum atomic E-state index is 12.1. The Kier molecular flexibility index (Phi) is 5.37. The largest absolute Gasteiger partial charge is 0.497 e. The van der Waals surface area contributed by atoms with E-state index >= 15 is 0 Å². The molecule has 0 aliphatic heterocycles. The summed E-state index contributed by atoms with van der Waals surface area (Å²) in [6, 6.07) is 14.7. The molecule has 0 fully saturated rings. The van der Waals surface area contributed by atoms with Gasteiger partial charge in [0.25, 0.3) is 0 Å². The number of carbonyl (C=O) groups is 1. The van der Waals surface area contributed by atoms with Crippen LogP contribution in [0, 0.1) is 0 Å². The van der Waals surface area contributed by atoms with Crippen molar-refractivity contribution in [3.8, 4) is 11.5 Å². The standard InChI is InChI=1S/C19H20O3/c1-14(2)22-18-11-7-16(8-12-18)19(20)13-6-15-4-9-17(21-3)10-5-15/h4-14H,1-3H3/b13-6+. The van der Waals surface area contributed by atoms with Crippen molar-refractivity contribution in [3.05, 3.63) is 65.7 Å². The second kappa shape index (κ2) is 7.46. The Morgan fingerprint density at radius 3 is 2.09 bits per heavy atom. The van der Waals surface area contributed by atoms with Gasteiger partial charge in [-0.1, -0.05) is 18.2 Å². The molecule has 0 unspecified atom stereocenters. The Bertz CT molecular complexity index is 637. The fourth-order valence-corrected chi connectivity index (χ4v) is 1.95. The zero-order valence-corrected chi connectivity index (χ0v) is 13.1. The molecule has 0 bridgehead atoms. The van der Waals surface area contributed by atoms with Crippen LogP contribution in [0.15, 0.2) is 54.6 Å². The van der Waals surface area contributed by atoms with Crippen molar-refractivity contribution in [1.82, 2.24) is 0 Å². The Hall–Kier alpha value is -2.55. The number of methoxy groups -OCH3 is 1. The van der Waals surface area contributed by atoms with Crippen LogP contribution >= 0.6 is 0 Å². The molecule has 0 aromatic heterocycles. The number of rotatable bonds is 6. The molecule has 0 saturated carbocycles. The Labute approximate surface area is 131 Å². The SMILES string of the molecule is COc1ccc(/C=C/C(=O)c2ccc(OC(C)C)cc2)cc1. The van der Waals surface area contributed by atoms with Crippen molar-refractivity contribution >= 4 is 11.9 Å². The van der Waals surface area contributed by atoms with Crippen LogP contribution in [0.5, 0.6) is 11.5 Å². The van der Waals surface area contributed by atoms with E-state index in [1.807, 2.05) is 50.2 Å². The van der Waals surface area contributed by atoms with E-state index in [1.54, 1.807) is 31.4 Å². The summed E-state index contributed by atoms with van der Waals surface area (Å²) in [6.45, 7) is 3.94. The van der Waals surface area contributed by atoms with Crippen LogP contribution in [-0.4, -0.2) is 19.0 Å². The first kappa shape index (κ1) is 15.8. The maximum absolute atomic E-state index is 12.1. The molecule has 0 amide bonds. The molecule has 2 rings (SSSR count).